The third-order valence-corrected chi connectivity index (χ3v) is 1.53. The third-order valence-electron chi connectivity index (χ3n) is 1.29. The molecule has 2 nitrogen and oxygen atoms in total. The van der Waals surface area contributed by atoms with Crippen molar-refractivity contribution in [2.75, 3.05) is 5.43 Å². The maximum absolute atomic E-state index is 5.77. The summed E-state index contributed by atoms with van der Waals surface area (Å²) in [5, 5.41) is 4.68. The number of hydrogen-bond acceptors (Lipinski definition) is 2. The predicted octanol–water partition coefficient (Wildman–Crippen LogP) is 3.15. The molecule has 0 atom stereocenters. The molecule has 3 heteroatoms. The van der Waals surface area contributed by atoms with Gasteiger partial charge in [0.15, 0.2) is 0 Å². The van der Waals surface area contributed by atoms with Crippen molar-refractivity contribution >= 4 is 23.5 Å². The van der Waals surface area contributed by atoms with Crippen molar-refractivity contribution in [2.24, 2.45) is 5.10 Å². The number of hydrazone groups is 1. The van der Waals surface area contributed by atoms with Crippen molar-refractivity contribution in [3.63, 3.8) is 0 Å². The number of rotatable bonds is 3. The Morgan fingerprint density at radius 1 is 1.58 bits per heavy atom. The molecule has 0 saturated heterocycles. The molecule has 0 spiro atoms. The molecule has 1 aromatic rings. The zero-order chi connectivity index (χ0) is 8.81. The zero-order valence-electron chi connectivity index (χ0n) is 6.92. The Balaban J connectivity index is 2.57. The first-order chi connectivity index (χ1) is 5.83. The maximum Gasteiger partial charge on any atom is 0.0576 e. The first-order valence-corrected chi connectivity index (χ1v) is 4.24. The number of anilines is 1. The van der Waals surface area contributed by atoms with Gasteiger partial charge in [-0.25, -0.2) is 0 Å². The van der Waals surface area contributed by atoms with E-state index in [9.17, 15) is 0 Å². The summed E-state index contributed by atoms with van der Waals surface area (Å²) in [7, 11) is 0. The average molecular weight is 183 g/mol. The molecule has 0 aliphatic rings. The van der Waals surface area contributed by atoms with E-state index in [-0.39, 0.29) is 0 Å². The first kappa shape index (κ1) is 9.07. The van der Waals surface area contributed by atoms with Gasteiger partial charge in [-0.05, 0) is 24.6 Å². The lowest BCUT2D eigenvalue weighted by Crippen LogP contribution is -1.87. The minimum absolute atomic E-state index is 0.715. The molecular formula is C9H11ClN2. The summed E-state index contributed by atoms with van der Waals surface area (Å²) < 4.78 is 0. The van der Waals surface area contributed by atoms with Gasteiger partial charge in [0.25, 0.3) is 0 Å². The summed E-state index contributed by atoms with van der Waals surface area (Å²) in [4.78, 5) is 0. The summed E-state index contributed by atoms with van der Waals surface area (Å²) in [5.41, 5.74) is 3.78. The fourth-order valence-corrected chi connectivity index (χ4v) is 0.960. The highest BCUT2D eigenvalue weighted by atomic mass is 35.5. The predicted molar refractivity (Wildman–Crippen MR) is 53.9 cm³/mol. The number of halogens is 1. The van der Waals surface area contributed by atoms with Crippen LogP contribution in [0, 0.1) is 0 Å². The molecule has 12 heavy (non-hydrogen) atoms. The zero-order valence-corrected chi connectivity index (χ0v) is 7.67. The molecular weight excluding hydrogens is 172 g/mol. The number of nitrogens with zero attached hydrogens (tertiary/aromatic N) is 1. The Kier molecular flexibility index (Phi) is 3.61. The quantitative estimate of drug-likeness (QED) is 0.564. The van der Waals surface area contributed by atoms with Crippen LogP contribution in [0.1, 0.15) is 13.3 Å². The van der Waals surface area contributed by atoms with Crippen molar-refractivity contribution in [1.29, 1.82) is 0 Å². The molecule has 1 rings (SSSR count). The molecule has 1 N–H and O–H groups in total. The Labute approximate surface area is 77.2 Å². The Morgan fingerprint density at radius 3 is 3.08 bits per heavy atom. The van der Waals surface area contributed by atoms with Crippen LogP contribution in [0.5, 0.6) is 0 Å². The van der Waals surface area contributed by atoms with Crippen LogP contribution in [0.15, 0.2) is 29.4 Å². The van der Waals surface area contributed by atoms with E-state index in [0.29, 0.717) is 5.02 Å². The molecule has 0 saturated carbocycles. The van der Waals surface area contributed by atoms with Gasteiger partial charge in [0.1, 0.15) is 0 Å². The SMILES string of the molecule is CC/C=N/Nc1cccc(Cl)c1. The lowest BCUT2D eigenvalue weighted by Gasteiger charge is -1.98. The third kappa shape index (κ3) is 2.93. The molecule has 0 aliphatic heterocycles. The average Bonchev–Trinajstić information content (AvgIpc) is 2.05. The van der Waals surface area contributed by atoms with E-state index in [1.165, 1.54) is 0 Å². The summed E-state index contributed by atoms with van der Waals surface area (Å²) in [6.07, 6.45) is 2.73. The summed E-state index contributed by atoms with van der Waals surface area (Å²) in [6, 6.07) is 7.45. The van der Waals surface area contributed by atoms with Crippen LogP contribution in [0.25, 0.3) is 0 Å². The van der Waals surface area contributed by atoms with Crippen molar-refractivity contribution in [1.82, 2.24) is 0 Å². The minimum Gasteiger partial charge on any atom is -0.279 e. The molecule has 1 aromatic carbocycles. The fourth-order valence-electron chi connectivity index (χ4n) is 0.769. The lowest BCUT2D eigenvalue weighted by atomic mass is 10.3. The molecule has 0 aliphatic carbocycles. The molecule has 0 aromatic heterocycles. The first-order valence-electron chi connectivity index (χ1n) is 3.86. The Hall–Kier alpha value is -1.02. The number of benzene rings is 1. The maximum atomic E-state index is 5.77. The van der Waals surface area contributed by atoms with E-state index in [2.05, 4.69) is 10.5 Å². The van der Waals surface area contributed by atoms with Gasteiger partial charge < -0.3 is 0 Å². The number of hydrogen-bond donors (Lipinski definition) is 1. The normalized spacial score (nSPS) is 10.5. The van der Waals surface area contributed by atoms with Gasteiger partial charge in [-0.2, -0.15) is 5.10 Å². The highest BCUT2D eigenvalue weighted by molar-refractivity contribution is 6.30. The Morgan fingerprint density at radius 2 is 2.42 bits per heavy atom. The second-order valence-electron chi connectivity index (χ2n) is 2.34. The van der Waals surface area contributed by atoms with E-state index in [1.807, 2.05) is 31.2 Å². The van der Waals surface area contributed by atoms with E-state index >= 15 is 0 Å². The fraction of sp³-hybridized carbons (Fsp3) is 0.222. The van der Waals surface area contributed by atoms with E-state index in [0.717, 1.165) is 12.1 Å². The second-order valence-corrected chi connectivity index (χ2v) is 2.78. The molecule has 0 fully saturated rings. The van der Waals surface area contributed by atoms with E-state index < -0.39 is 0 Å². The number of nitrogens with one attached hydrogen (secondary N) is 1. The van der Waals surface area contributed by atoms with Crippen LogP contribution >= 0.6 is 11.6 Å². The van der Waals surface area contributed by atoms with Crippen LogP contribution in [-0.2, 0) is 0 Å². The summed E-state index contributed by atoms with van der Waals surface area (Å²) in [6.45, 7) is 2.03. The largest absolute Gasteiger partial charge is 0.279 e. The van der Waals surface area contributed by atoms with Crippen molar-refractivity contribution < 1.29 is 0 Å². The van der Waals surface area contributed by atoms with Gasteiger partial charge in [0.05, 0.1) is 5.69 Å². The van der Waals surface area contributed by atoms with Crippen LogP contribution in [0.4, 0.5) is 5.69 Å². The lowest BCUT2D eigenvalue weighted by molar-refractivity contribution is 1.27. The van der Waals surface area contributed by atoms with E-state index in [1.54, 1.807) is 6.21 Å². The summed E-state index contributed by atoms with van der Waals surface area (Å²) >= 11 is 5.77. The van der Waals surface area contributed by atoms with Gasteiger partial charge in [-0.3, -0.25) is 5.43 Å². The van der Waals surface area contributed by atoms with Crippen molar-refractivity contribution in [2.45, 2.75) is 13.3 Å². The molecule has 0 radical (unpaired) electrons. The van der Waals surface area contributed by atoms with Crippen LogP contribution < -0.4 is 5.43 Å². The minimum atomic E-state index is 0.715. The van der Waals surface area contributed by atoms with Gasteiger partial charge in [0.2, 0.25) is 0 Å². The molecule has 0 unspecified atom stereocenters. The standard InChI is InChI=1S/C9H11ClN2/c1-2-6-11-12-9-5-3-4-8(10)7-9/h3-7,12H,2H2,1H3/b11-6+. The molecule has 64 valence electrons. The smallest absolute Gasteiger partial charge is 0.0576 e. The molecule has 0 heterocycles. The van der Waals surface area contributed by atoms with Crippen LogP contribution in [0.3, 0.4) is 0 Å². The van der Waals surface area contributed by atoms with Crippen LogP contribution in [-0.4, -0.2) is 6.21 Å². The molecule has 0 amide bonds. The Bertz CT molecular complexity index is 271. The monoisotopic (exact) mass is 182 g/mol. The molecule has 0 bridgehead atoms. The van der Waals surface area contributed by atoms with Gasteiger partial charge in [-0.1, -0.05) is 24.6 Å². The van der Waals surface area contributed by atoms with Gasteiger partial charge in [0, 0.05) is 11.2 Å². The second kappa shape index (κ2) is 4.78. The van der Waals surface area contributed by atoms with Gasteiger partial charge >= 0.3 is 0 Å². The van der Waals surface area contributed by atoms with Crippen molar-refractivity contribution in [3.8, 4) is 0 Å². The highest BCUT2D eigenvalue weighted by Gasteiger charge is 1.89. The van der Waals surface area contributed by atoms with Crippen molar-refractivity contribution in [3.05, 3.63) is 29.3 Å². The van der Waals surface area contributed by atoms with Gasteiger partial charge in [-0.15, -0.1) is 0 Å². The van der Waals surface area contributed by atoms with Crippen LogP contribution in [0.2, 0.25) is 5.02 Å². The highest BCUT2D eigenvalue weighted by Crippen LogP contribution is 2.14. The van der Waals surface area contributed by atoms with E-state index in [4.69, 9.17) is 11.6 Å². The summed E-state index contributed by atoms with van der Waals surface area (Å²) in [5.74, 6) is 0. The topological polar surface area (TPSA) is 24.4 Å².